The van der Waals surface area contributed by atoms with E-state index in [1.807, 2.05) is 6.08 Å². The normalized spacial score (nSPS) is 14.4. The summed E-state index contributed by atoms with van der Waals surface area (Å²) in [7, 11) is 0. The highest BCUT2D eigenvalue weighted by molar-refractivity contribution is 5.81. The number of ether oxygens (including phenoxy) is 3. The Labute approximate surface area is 123 Å². The molecular formula is C16H28O4. The van der Waals surface area contributed by atoms with Gasteiger partial charge in [0, 0.05) is 6.08 Å². The summed E-state index contributed by atoms with van der Waals surface area (Å²) < 4.78 is 14.3. The minimum Gasteiger partial charge on any atom is -0.502 e. The zero-order valence-corrected chi connectivity index (χ0v) is 12.8. The van der Waals surface area contributed by atoms with Crippen LogP contribution in [0.1, 0.15) is 33.1 Å². The molecule has 0 aromatic rings. The average molecular weight is 284 g/mol. The van der Waals surface area contributed by atoms with Crippen molar-refractivity contribution in [2.45, 2.75) is 39.2 Å². The molecule has 1 atom stereocenters. The summed E-state index contributed by atoms with van der Waals surface area (Å²) in [5, 5.41) is 0. The lowest BCUT2D eigenvalue weighted by atomic mass is 10.4. The average Bonchev–Trinajstić information content (AvgIpc) is 3.30. The lowest BCUT2D eigenvalue weighted by Crippen LogP contribution is -2.06. The first-order valence-corrected chi connectivity index (χ1v) is 6.90. The smallest absolute Gasteiger partial charge is 0.330 e. The van der Waals surface area contributed by atoms with Crippen molar-refractivity contribution in [1.29, 1.82) is 0 Å². The predicted molar refractivity (Wildman–Crippen MR) is 82.4 cm³/mol. The van der Waals surface area contributed by atoms with Gasteiger partial charge in [-0.2, -0.15) is 0 Å². The molecule has 0 saturated carbocycles. The van der Waals surface area contributed by atoms with Crippen LogP contribution in [0.4, 0.5) is 0 Å². The van der Waals surface area contributed by atoms with Crippen LogP contribution in [0.2, 0.25) is 0 Å². The summed E-state index contributed by atoms with van der Waals surface area (Å²) in [6.45, 7) is 16.2. The Morgan fingerprint density at radius 2 is 1.95 bits per heavy atom. The Balaban J connectivity index is 0. The van der Waals surface area contributed by atoms with Crippen molar-refractivity contribution in [3.63, 3.8) is 0 Å². The summed E-state index contributed by atoms with van der Waals surface area (Å²) in [5.41, 5.74) is 0. The molecule has 1 fully saturated rings. The van der Waals surface area contributed by atoms with Crippen LogP contribution in [0.25, 0.3) is 0 Å². The van der Waals surface area contributed by atoms with Gasteiger partial charge in [-0.05, 0) is 12.8 Å². The molecule has 0 N–H and O–H groups in total. The second-order valence-corrected chi connectivity index (χ2v) is 3.88. The second-order valence-electron chi connectivity index (χ2n) is 3.88. The van der Waals surface area contributed by atoms with E-state index in [2.05, 4.69) is 38.3 Å². The third kappa shape index (κ3) is 21.7. The zero-order chi connectivity index (χ0) is 15.6. The number of allylic oxidation sites excluding steroid dienone is 1. The van der Waals surface area contributed by atoms with Crippen molar-refractivity contribution in [3.8, 4) is 0 Å². The summed E-state index contributed by atoms with van der Waals surface area (Å²) in [5.74, 6) is -0.384. The third-order valence-electron chi connectivity index (χ3n) is 2.00. The number of hydrogen-bond acceptors (Lipinski definition) is 4. The SMILES string of the molecule is C=CC(=O)OCC1CO1.C=CCC.C=COCCCC. The molecule has 4 heteroatoms. The lowest BCUT2D eigenvalue weighted by molar-refractivity contribution is -0.138. The fraction of sp³-hybridized carbons (Fsp3) is 0.562. The van der Waals surface area contributed by atoms with Gasteiger partial charge >= 0.3 is 5.97 Å². The molecule has 1 unspecified atom stereocenters. The third-order valence-corrected chi connectivity index (χ3v) is 2.00. The summed E-state index contributed by atoms with van der Waals surface area (Å²) in [6, 6.07) is 0. The fourth-order valence-electron chi connectivity index (χ4n) is 0.709. The molecule has 20 heavy (non-hydrogen) atoms. The van der Waals surface area contributed by atoms with E-state index in [4.69, 9.17) is 9.47 Å². The number of hydrogen-bond donors (Lipinski definition) is 0. The standard InChI is InChI=1S/C6H8O3.C6H12O.C4H8/c1-2-6(7)9-4-5-3-8-5;1-3-5-6-7-4-2;1-3-4-2/h2,5H,1,3-4H2;4H,2-3,5-6H2,1H3;3H,1,4H2,2H3. The number of carbonyl (C=O) groups excluding carboxylic acids is 1. The van der Waals surface area contributed by atoms with Gasteiger partial charge in [0.25, 0.3) is 0 Å². The van der Waals surface area contributed by atoms with Gasteiger partial charge in [-0.1, -0.05) is 39.5 Å². The quantitative estimate of drug-likeness (QED) is 0.170. The van der Waals surface area contributed by atoms with Crippen molar-refractivity contribution in [2.24, 2.45) is 0 Å². The molecule has 1 heterocycles. The first-order valence-electron chi connectivity index (χ1n) is 6.90. The lowest BCUT2D eigenvalue weighted by Gasteiger charge is -1.94. The maximum Gasteiger partial charge on any atom is 0.330 e. The van der Waals surface area contributed by atoms with Crippen molar-refractivity contribution in [3.05, 3.63) is 38.2 Å². The largest absolute Gasteiger partial charge is 0.502 e. The van der Waals surface area contributed by atoms with E-state index in [-0.39, 0.29) is 12.1 Å². The van der Waals surface area contributed by atoms with Gasteiger partial charge in [-0.15, -0.1) is 6.58 Å². The molecule has 0 aromatic heterocycles. The molecule has 1 aliphatic heterocycles. The Kier molecular flexibility index (Phi) is 18.1. The summed E-state index contributed by atoms with van der Waals surface area (Å²) >= 11 is 0. The van der Waals surface area contributed by atoms with Crippen LogP contribution >= 0.6 is 0 Å². The molecule has 0 bridgehead atoms. The van der Waals surface area contributed by atoms with Gasteiger partial charge in [0.2, 0.25) is 0 Å². The first kappa shape index (κ1) is 20.8. The molecule has 0 radical (unpaired) electrons. The highest BCUT2D eigenvalue weighted by atomic mass is 16.6. The number of rotatable bonds is 8. The van der Waals surface area contributed by atoms with E-state index in [9.17, 15) is 4.79 Å². The van der Waals surface area contributed by atoms with Crippen LogP contribution in [-0.4, -0.2) is 31.9 Å². The van der Waals surface area contributed by atoms with Crippen molar-refractivity contribution in [1.82, 2.24) is 0 Å². The van der Waals surface area contributed by atoms with Gasteiger partial charge in [-0.3, -0.25) is 0 Å². The number of unbranched alkanes of at least 4 members (excludes halogenated alkanes) is 1. The van der Waals surface area contributed by atoms with Gasteiger partial charge in [0.15, 0.2) is 0 Å². The Morgan fingerprint density at radius 1 is 1.35 bits per heavy atom. The van der Waals surface area contributed by atoms with Gasteiger partial charge in [-0.25, -0.2) is 4.79 Å². The Bertz CT molecular complexity index is 257. The summed E-state index contributed by atoms with van der Waals surface area (Å²) in [4.78, 5) is 10.3. The second kappa shape index (κ2) is 17.4. The molecule has 0 aromatic carbocycles. The van der Waals surface area contributed by atoms with Crippen molar-refractivity contribution >= 4 is 5.97 Å². The van der Waals surface area contributed by atoms with E-state index < -0.39 is 0 Å². The topological polar surface area (TPSA) is 48.1 Å². The van der Waals surface area contributed by atoms with E-state index in [0.29, 0.717) is 13.2 Å². The van der Waals surface area contributed by atoms with Crippen LogP contribution in [0, 0.1) is 0 Å². The zero-order valence-electron chi connectivity index (χ0n) is 12.8. The van der Waals surface area contributed by atoms with Gasteiger partial charge in [0.05, 0.1) is 19.5 Å². The summed E-state index contributed by atoms with van der Waals surface area (Å²) in [6.07, 6.45) is 8.05. The molecule has 0 aliphatic carbocycles. The molecular weight excluding hydrogens is 256 g/mol. The van der Waals surface area contributed by atoms with Crippen molar-refractivity contribution in [2.75, 3.05) is 19.8 Å². The number of epoxide rings is 1. The van der Waals surface area contributed by atoms with E-state index in [1.165, 1.54) is 12.7 Å². The number of carbonyl (C=O) groups is 1. The van der Waals surface area contributed by atoms with Crippen molar-refractivity contribution < 1.29 is 19.0 Å². The Hall–Kier alpha value is -1.55. The van der Waals surface area contributed by atoms with Crippen LogP contribution < -0.4 is 0 Å². The molecule has 1 rings (SSSR count). The minimum atomic E-state index is -0.384. The predicted octanol–water partition coefficient (Wildman–Crippen LogP) is 3.64. The molecule has 1 aliphatic rings. The van der Waals surface area contributed by atoms with Crippen LogP contribution in [0.5, 0.6) is 0 Å². The van der Waals surface area contributed by atoms with Gasteiger partial charge < -0.3 is 14.2 Å². The highest BCUT2D eigenvalue weighted by Crippen LogP contribution is 2.08. The Morgan fingerprint density at radius 3 is 2.30 bits per heavy atom. The molecule has 0 spiro atoms. The maximum absolute atomic E-state index is 10.3. The van der Waals surface area contributed by atoms with Crippen LogP contribution in [0.3, 0.4) is 0 Å². The van der Waals surface area contributed by atoms with Crippen LogP contribution in [-0.2, 0) is 19.0 Å². The molecule has 4 nitrogen and oxygen atoms in total. The highest BCUT2D eigenvalue weighted by Gasteiger charge is 2.23. The minimum absolute atomic E-state index is 0.147. The van der Waals surface area contributed by atoms with Crippen LogP contribution in [0.15, 0.2) is 38.2 Å². The van der Waals surface area contributed by atoms with E-state index in [0.717, 1.165) is 25.5 Å². The van der Waals surface area contributed by atoms with E-state index >= 15 is 0 Å². The first-order chi connectivity index (χ1) is 9.65. The maximum atomic E-state index is 10.3. The molecule has 1 saturated heterocycles. The fourth-order valence-corrected chi connectivity index (χ4v) is 0.709. The number of esters is 1. The van der Waals surface area contributed by atoms with E-state index in [1.54, 1.807) is 0 Å². The molecule has 116 valence electrons. The molecule has 0 amide bonds. The monoisotopic (exact) mass is 284 g/mol. The van der Waals surface area contributed by atoms with Gasteiger partial charge in [0.1, 0.15) is 12.7 Å².